The van der Waals surface area contributed by atoms with Crippen LogP contribution in [0.4, 0.5) is 0 Å². The summed E-state index contributed by atoms with van der Waals surface area (Å²) in [4.78, 5) is 0. The Kier molecular flexibility index (Phi) is 4.69. The van der Waals surface area contributed by atoms with Gasteiger partial charge in [0.05, 0.1) is 5.60 Å². The number of hydrogen-bond donors (Lipinski definition) is 0. The Morgan fingerprint density at radius 1 is 1.28 bits per heavy atom. The highest BCUT2D eigenvalue weighted by Crippen LogP contribution is 2.63. The van der Waals surface area contributed by atoms with E-state index < -0.39 is 0 Å². The fourth-order valence-electron chi connectivity index (χ4n) is 4.42. The molecule has 0 saturated heterocycles. The molecule has 2 aliphatic rings. The first kappa shape index (κ1) is 15.1. The van der Waals surface area contributed by atoms with Crippen LogP contribution >= 0.6 is 22.6 Å². The molecule has 2 heteroatoms. The highest BCUT2D eigenvalue weighted by Gasteiger charge is 2.63. The van der Waals surface area contributed by atoms with Crippen LogP contribution in [0.5, 0.6) is 0 Å². The van der Waals surface area contributed by atoms with Gasteiger partial charge in [0.1, 0.15) is 0 Å². The minimum Gasteiger partial charge on any atom is -0.373 e. The molecule has 2 bridgehead atoms. The molecule has 1 nitrogen and oxygen atoms in total. The number of ether oxygens (including phenoxy) is 1. The van der Waals surface area contributed by atoms with Gasteiger partial charge < -0.3 is 4.74 Å². The molecule has 106 valence electrons. The Hall–Kier alpha value is 0.690. The summed E-state index contributed by atoms with van der Waals surface area (Å²) >= 11 is 2.57. The van der Waals surface area contributed by atoms with Gasteiger partial charge in [-0.2, -0.15) is 0 Å². The Morgan fingerprint density at radius 2 is 1.94 bits per heavy atom. The zero-order valence-corrected chi connectivity index (χ0v) is 14.6. The predicted molar refractivity (Wildman–Crippen MR) is 86.3 cm³/mol. The summed E-state index contributed by atoms with van der Waals surface area (Å²) in [7, 11) is 0. The maximum absolute atomic E-state index is 6.60. The molecule has 4 atom stereocenters. The van der Waals surface area contributed by atoms with Gasteiger partial charge in [-0.3, -0.25) is 0 Å². The molecule has 0 aliphatic heterocycles. The molecule has 0 aromatic rings. The summed E-state index contributed by atoms with van der Waals surface area (Å²) in [5.74, 6) is 2.44. The van der Waals surface area contributed by atoms with Crippen LogP contribution in [0, 0.1) is 23.2 Å². The molecule has 2 saturated carbocycles. The molecular weight excluding hydrogens is 335 g/mol. The van der Waals surface area contributed by atoms with Crippen molar-refractivity contribution < 1.29 is 4.74 Å². The Labute approximate surface area is 127 Å². The van der Waals surface area contributed by atoms with Gasteiger partial charge in [0.25, 0.3) is 0 Å². The summed E-state index contributed by atoms with van der Waals surface area (Å²) < 4.78 is 7.76. The maximum Gasteiger partial charge on any atom is 0.0852 e. The SMILES string of the molecule is CCCC(C)COC1(CI)C2CCC(C2)C1(C)C. The van der Waals surface area contributed by atoms with Crippen LogP contribution < -0.4 is 0 Å². The summed E-state index contributed by atoms with van der Waals surface area (Å²) in [6.07, 6.45) is 6.82. The lowest BCUT2D eigenvalue weighted by molar-refractivity contribution is -0.144. The van der Waals surface area contributed by atoms with Crippen LogP contribution in [0.2, 0.25) is 0 Å². The lowest BCUT2D eigenvalue weighted by atomic mass is 9.66. The zero-order valence-electron chi connectivity index (χ0n) is 12.5. The Bertz CT molecular complexity index is 289. The van der Waals surface area contributed by atoms with Crippen molar-refractivity contribution in [1.29, 1.82) is 0 Å². The maximum atomic E-state index is 6.60. The quantitative estimate of drug-likeness (QED) is 0.472. The fraction of sp³-hybridized carbons (Fsp3) is 1.00. The van der Waals surface area contributed by atoms with Crippen molar-refractivity contribution in [1.82, 2.24) is 0 Å². The van der Waals surface area contributed by atoms with Gasteiger partial charge in [0.2, 0.25) is 0 Å². The van der Waals surface area contributed by atoms with Crippen LogP contribution in [0.25, 0.3) is 0 Å². The molecule has 2 aliphatic carbocycles. The lowest BCUT2D eigenvalue weighted by Gasteiger charge is -2.49. The third kappa shape index (κ3) is 2.25. The number of rotatable bonds is 6. The molecule has 0 radical (unpaired) electrons. The van der Waals surface area contributed by atoms with Crippen molar-refractivity contribution in [2.24, 2.45) is 23.2 Å². The number of fused-ring (bicyclic) bond motifs is 2. The highest BCUT2D eigenvalue weighted by molar-refractivity contribution is 14.1. The van der Waals surface area contributed by atoms with Gasteiger partial charge in [0, 0.05) is 11.0 Å². The average Bonchev–Trinajstić information content (AvgIpc) is 2.87. The second kappa shape index (κ2) is 5.59. The normalized spacial score (nSPS) is 39.2. The second-order valence-electron chi connectivity index (χ2n) is 7.16. The van der Waals surface area contributed by atoms with E-state index in [1.54, 1.807) is 0 Å². The molecule has 2 rings (SSSR count). The van der Waals surface area contributed by atoms with Gasteiger partial charge in [-0.1, -0.05) is 56.7 Å². The summed E-state index contributed by atoms with van der Waals surface area (Å²) in [6, 6.07) is 0. The molecule has 4 unspecified atom stereocenters. The topological polar surface area (TPSA) is 9.23 Å². The van der Waals surface area contributed by atoms with Crippen molar-refractivity contribution >= 4 is 22.6 Å². The van der Waals surface area contributed by atoms with E-state index in [1.165, 1.54) is 32.1 Å². The van der Waals surface area contributed by atoms with E-state index in [4.69, 9.17) is 4.74 Å². The molecular formula is C16H29IO. The zero-order chi connectivity index (χ0) is 13.4. The number of halogens is 1. The van der Waals surface area contributed by atoms with Crippen LogP contribution in [-0.4, -0.2) is 16.6 Å². The van der Waals surface area contributed by atoms with Crippen LogP contribution in [0.15, 0.2) is 0 Å². The summed E-state index contributed by atoms with van der Waals surface area (Å²) in [5, 5.41) is 0. The Morgan fingerprint density at radius 3 is 2.44 bits per heavy atom. The standard InChI is InChI=1S/C16H29IO/c1-5-6-12(2)10-18-16(11-17)14-8-7-13(9-14)15(16,3)4/h12-14H,5-11H2,1-4H3. The minimum absolute atomic E-state index is 0.165. The smallest absolute Gasteiger partial charge is 0.0852 e. The molecule has 0 heterocycles. The van der Waals surface area contributed by atoms with Crippen molar-refractivity contribution in [2.45, 2.75) is 65.4 Å². The van der Waals surface area contributed by atoms with Crippen molar-refractivity contribution in [3.8, 4) is 0 Å². The van der Waals surface area contributed by atoms with Crippen LogP contribution in [0.3, 0.4) is 0 Å². The lowest BCUT2D eigenvalue weighted by Crippen LogP contribution is -2.53. The van der Waals surface area contributed by atoms with E-state index in [1.807, 2.05) is 0 Å². The molecule has 0 aromatic carbocycles. The van der Waals surface area contributed by atoms with E-state index in [9.17, 15) is 0 Å². The average molecular weight is 364 g/mol. The van der Waals surface area contributed by atoms with E-state index in [0.29, 0.717) is 11.3 Å². The van der Waals surface area contributed by atoms with Crippen molar-refractivity contribution in [3.63, 3.8) is 0 Å². The minimum atomic E-state index is 0.165. The molecule has 0 spiro atoms. The summed E-state index contributed by atoms with van der Waals surface area (Å²) in [6.45, 7) is 10.5. The highest BCUT2D eigenvalue weighted by atomic mass is 127. The van der Waals surface area contributed by atoms with Crippen LogP contribution in [-0.2, 0) is 4.74 Å². The molecule has 18 heavy (non-hydrogen) atoms. The first-order chi connectivity index (χ1) is 8.48. The van der Waals surface area contributed by atoms with Crippen molar-refractivity contribution in [3.05, 3.63) is 0 Å². The monoisotopic (exact) mass is 364 g/mol. The van der Waals surface area contributed by atoms with E-state index >= 15 is 0 Å². The van der Waals surface area contributed by atoms with Crippen molar-refractivity contribution in [2.75, 3.05) is 11.0 Å². The van der Waals surface area contributed by atoms with E-state index in [0.717, 1.165) is 22.9 Å². The fourth-order valence-corrected chi connectivity index (χ4v) is 6.25. The van der Waals surface area contributed by atoms with Gasteiger partial charge in [-0.05, 0) is 48.9 Å². The van der Waals surface area contributed by atoms with E-state index in [-0.39, 0.29) is 5.60 Å². The Balaban J connectivity index is 2.06. The third-order valence-corrected chi connectivity index (χ3v) is 6.94. The molecule has 0 aromatic heterocycles. The van der Waals surface area contributed by atoms with Gasteiger partial charge >= 0.3 is 0 Å². The molecule has 2 fully saturated rings. The molecule has 0 N–H and O–H groups in total. The first-order valence-corrected chi connectivity index (χ1v) is 9.20. The summed E-state index contributed by atoms with van der Waals surface area (Å²) in [5.41, 5.74) is 0.543. The largest absolute Gasteiger partial charge is 0.373 e. The number of hydrogen-bond acceptors (Lipinski definition) is 1. The molecule has 0 amide bonds. The van der Waals surface area contributed by atoms with Gasteiger partial charge in [-0.25, -0.2) is 0 Å². The van der Waals surface area contributed by atoms with Gasteiger partial charge in [-0.15, -0.1) is 0 Å². The van der Waals surface area contributed by atoms with Gasteiger partial charge in [0.15, 0.2) is 0 Å². The predicted octanol–water partition coefficient (Wildman–Crippen LogP) is 5.07. The first-order valence-electron chi connectivity index (χ1n) is 7.67. The number of alkyl halides is 1. The third-order valence-electron chi connectivity index (χ3n) is 5.81. The van der Waals surface area contributed by atoms with Crippen LogP contribution in [0.1, 0.15) is 59.8 Å². The second-order valence-corrected chi connectivity index (χ2v) is 7.92. The van der Waals surface area contributed by atoms with E-state index in [2.05, 4.69) is 50.3 Å².